The maximum absolute atomic E-state index is 12.3. The Balaban J connectivity index is 1.59. The zero-order valence-electron chi connectivity index (χ0n) is 17.4. The third kappa shape index (κ3) is 4.13. The van der Waals surface area contributed by atoms with Crippen LogP contribution in [0, 0.1) is 6.92 Å². The molecule has 0 radical (unpaired) electrons. The minimum absolute atomic E-state index is 0.0211. The van der Waals surface area contributed by atoms with Gasteiger partial charge in [0, 0.05) is 29.8 Å². The number of benzene rings is 2. The third-order valence-electron chi connectivity index (χ3n) is 5.01. The maximum atomic E-state index is 12.3. The molecule has 0 atom stereocenters. The Hall–Kier alpha value is -4.07. The van der Waals surface area contributed by atoms with E-state index in [2.05, 4.69) is 15.4 Å². The predicted molar refractivity (Wildman–Crippen MR) is 115 cm³/mol. The first-order chi connectivity index (χ1) is 14.9. The van der Waals surface area contributed by atoms with Gasteiger partial charge < -0.3 is 4.74 Å². The van der Waals surface area contributed by atoms with Crippen LogP contribution < -0.4 is 10.4 Å². The molecule has 2 aromatic heterocycles. The van der Waals surface area contributed by atoms with Crippen LogP contribution in [0.15, 0.2) is 65.5 Å². The van der Waals surface area contributed by atoms with Crippen molar-refractivity contribution >= 4 is 5.78 Å². The van der Waals surface area contributed by atoms with E-state index >= 15 is 0 Å². The standard InChI is InChI=1S/C23H21N5O3/c1-15-6-4-8-21(28-23(30)27(3)25-26-28)19(15)14-31-22-9-5-7-20(24-22)18-12-10-17(11-13-18)16(2)29/h4-13H,14H2,1-3H3. The number of rotatable bonds is 6. The van der Waals surface area contributed by atoms with Crippen molar-refractivity contribution in [2.45, 2.75) is 20.5 Å². The van der Waals surface area contributed by atoms with E-state index < -0.39 is 0 Å². The van der Waals surface area contributed by atoms with Gasteiger partial charge in [0.1, 0.15) is 6.61 Å². The second-order valence-electron chi connectivity index (χ2n) is 7.15. The lowest BCUT2D eigenvalue weighted by molar-refractivity contribution is 0.101. The molecular formula is C23H21N5O3. The molecule has 31 heavy (non-hydrogen) atoms. The van der Waals surface area contributed by atoms with Crippen LogP contribution in [0.4, 0.5) is 0 Å². The van der Waals surface area contributed by atoms with Crippen LogP contribution in [0.25, 0.3) is 16.9 Å². The van der Waals surface area contributed by atoms with Crippen molar-refractivity contribution in [2.24, 2.45) is 7.05 Å². The molecule has 0 saturated heterocycles. The van der Waals surface area contributed by atoms with E-state index in [4.69, 9.17) is 4.74 Å². The fraction of sp³-hybridized carbons (Fsp3) is 0.174. The van der Waals surface area contributed by atoms with E-state index in [1.54, 1.807) is 25.2 Å². The quantitative estimate of drug-likeness (QED) is 0.449. The van der Waals surface area contributed by atoms with Gasteiger partial charge in [-0.1, -0.05) is 42.5 Å². The normalized spacial score (nSPS) is 10.8. The van der Waals surface area contributed by atoms with E-state index in [-0.39, 0.29) is 18.1 Å². The summed E-state index contributed by atoms with van der Waals surface area (Å²) < 4.78 is 8.40. The second-order valence-corrected chi connectivity index (χ2v) is 7.15. The predicted octanol–water partition coefficient (Wildman–Crippen LogP) is 3.12. The summed E-state index contributed by atoms with van der Waals surface area (Å²) in [7, 11) is 1.55. The highest BCUT2D eigenvalue weighted by molar-refractivity contribution is 5.94. The number of hydrogen-bond acceptors (Lipinski definition) is 6. The van der Waals surface area contributed by atoms with E-state index in [0.29, 0.717) is 17.1 Å². The van der Waals surface area contributed by atoms with Gasteiger partial charge in [-0.25, -0.2) is 9.78 Å². The fourth-order valence-electron chi connectivity index (χ4n) is 3.22. The zero-order valence-corrected chi connectivity index (χ0v) is 17.4. The molecule has 0 saturated carbocycles. The van der Waals surface area contributed by atoms with Gasteiger partial charge in [-0.05, 0) is 42.0 Å². The molecule has 0 amide bonds. The van der Waals surface area contributed by atoms with E-state index in [9.17, 15) is 9.59 Å². The Kier molecular flexibility index (Phi) is 5.44. The molecule has 2 aromatic carbocycles. The van der Waals surface area contributed by atoms with E-state index in [0.717, 1.165) is 22.4 Å². The molecule has 0 aliphatic rings. The van der Waals surface area contributed by atoms with E-state index in [1.165, 1.54) is 16.3 Å². The molecule has 0 aliphatic heterocycles. The Morgan fingerprint density at radius 1 is 1.00 bits per heavy atom. The fourth-order valence-corrected chi connectivity index (χ4v) is 3.22. The molecule has 0 bridgehead atoms. The summed E-state index contributed by atoms with van der Waals surface area (Å²) in [5.74, 6) is 0.474. The molecule has 8 nitrogen and oxygen atoms in total. The molecular weight excluding hydrogens is 394 g/mol. The van der Waals surface area contributed by atoms with Gasteiger partial charge in [0.25, 0.3) is 0 Å². The summed E-state index contributed by atoms with van der Waals surface area (Å²) in [4.78, 5) is 28.4. The lowest BCUT2D eigenvalue weighted by atomic mass is 10.1. The largest absolute Gasteiger partial charge is 0.473 e. The summed E-state index contributed by atoms with van der Waals surface area (Å²) >= 11 is 0. The molecule has 0 unspecified atom stereocenters. The van der Waals surface area contributed by atoms with Crippen LogP contribution in [0.3, 0.4) is 0 Å². The molecule has 2 heterocycles. The smallest absolute Gasteiger partial charge is 0.368 e. The number of hydrogen-bond donors (Lipinski definition) is 0. The summed E-state index contributed by atoms with van der Waals surface area (Å²) in [6.45, 7) is 3.70. The highest BCUT2D eigenvalue weighted by Gasteiger charge is 2.14. The summed E-state index contributed by atoms with van der Waals surface area (Å²) in [6.07, 6.45) is 0. The second kappa shape index (κ2) is 8.35. The Bertz CT molecular complexity index is 1310. The van der Waals surface area contributed by atoms with Crippen molar-refractivity contribution in [1.29, 1.82) is 0 Å². The number of tetrazole rings is 1. The lowest BCUT2D eigenvalue weighted by Gasteiger charge is -2.13. The summed E-state index contributed by atoms with van der Waals surface area (Å²) in [6, 6.07) is 18.4. The molecule has 4 rings (SSSR count). The average Bonchev–Trinajstić information content (AvgIpc) is 3.11. The summed E-state index contributed by atoms with van der Waals surface area (Å²) in [5.41, 5.74) is 4.35. The number of carbonyl (C=O) groups is 1. The Morgan fingerprint density at radius 3 is 2.42 bits per heavy atom. The monoisotopic (exact) mass is 415 g/mol. The molecule has 0 aliphatic carbocycles. The van der Waals surface area contributed by atoms with Crippen LogP contribution in [0.5, 0.6) is 5.88 Å². The van der Waals surface area contributed by atoms with Crippen LogP contribution in [-0.2, 0) is 13.7 Å². The molecule has 0 spiro atoms. The van der Waals surface area contributed by atoms with Gasteiger partial charge in [-0.15, -0.1) is 0 Å². The van der Waals surface area contributed by atoms with Crippen LogP contribution in [0.1, 0.15) is 28.4 Å². The van der Waals surface area contributed by atoms with Crippen LogP contribution >= 0.6 is 0 Å². The van der Waals surface area contributed by atoms with Crippen molar-refractivity contribution in [1.82, 2.24) is 24.8 Å². The van der Waals surface area contributed by atoms with Crippen molar-refractivity contribution < 1.29 is 9.53 Å². The Labute approximate surface area is 178 Å². The molecule has 4 aromatic rings. The molecule has 0 N–H and O–H groups in total. The van der Waals surface area contributed by atoms with E-state index in [1.807, 2.05) is 49.4 Å². The van der Waals surface area contributed by atoms with Crippen molar-refractivity contribution in [2.75, 3.05) is 0 Å². The van der Waals surface area contributed by atoms with Gasteiger partial charge in [0.2, 0.25) is 5.88 Å². The number of nitrogens with zero attached hydrogens (tertiary/aromatic N) is 5. The highest BCUT2D eigenvalue weighted by Crippen LogP contribution is 2.23. The topological polar surface area (TPSA) is 91.9 Å². The van der Waals surface area contributed by atoms with Gasteiger partial charge in [-0.2, -0.15) is 9.36 Å². The first-order valence-electron chi connectivity index (χ1n) is 9.73. The van der Waals surface area contributed by atoms with Gasteiger partial charge in [0.05, 0.1) is 11.4 Å². The number of ether oxygens (including phenoxy) is 1. The number of aromatic nitrogens is 5. The van der Waals surface area contributed by atoms with Gasteiger partial charge >= 0.3 is 5.69 Å². The van der Waals surface area contributed by atoms with Crippen LogP contribution in [0.2, 0.25) is 0 Å². The van der Waals surface area contributed by atoms with Crippen LogP contribution in [-0.4, -0.2) is 30.6 Å². The lowest BCUT2D eigenvalue weighted by Crippen LogP contribution is -2.23. The number of aryl methyl sites for hydroxylation is 2. The zero-order chi connectivity index (χ0) is 22.0. The molecule has 8 heteroatoms. The number of carbonyl (C=O) groups excluding carboxylic acids is 1. The minimum atomic E-state index is -0.332. The first-order valence-corrected chi connectivity index (χ1v) is 9.73. The van der Waals surface area contributed by atoms with Gasteiger partial charge in [0.15, 0.2) is 5.78 Å². The first kappa shape index (κ1) is 20.2. The molecule has 156 valence electrons. The SMILES string of the molecule is CC(=O)c1ccc(-c2cccc(OCc3c(C)cccc3-n3nnn(C)c3=O)n2)cc1. The number of Topliss-reactive ketones (excluding diaryl/α,β-unsaturated/α-hetero) is 1. The number of pyridine rings is 1. The minimum Gasteiger partial charge on any atom is -0.473 e. The van der Waals surface area contributed by atoms with Crippen molar-refractivity contribution in [3.05, 3.63) is 87.8 Å². The number of ketones is 1. The maximum Gasteiger partial charge on any atom is 0.368 e. The third-order valence-corrected chi connectivity index (χ3v) is 5.01. The highest BCUT2D eigenvalue weighted by atomic mass is 16.5. The average molecular weight is 415 g/mol. The summed E-state index contributed by atoms with van der Waals surface area (Å²) in [5, 5.41) is 7.72. The van der Waals surface area contributed by atoms with Crippen molar-refractivity contribution in [3.8, 4) is 22.8 Å². The molecule has 0 fully saturated rings. The van der Waals surface area contributed by atoms with Crippen molar-refractivity contribution in [3.63, 3.8) is 0 Å². The Morgan fingerprint density at radius 2 is 1.74 bits per heavy atom. The van der Waals surface area contributed by atoms with Gasteiger partial charge in [-0.3, -0.25) is 4.79 Å².